The lowest BCUT2D eigenvalue weighted by Gasteiger charge is -2.19. The third-order valence-corrected chi connectivity index (χ3v) is 2.45. The average Bonchev–Trinajstić information content (AvgIpc) is 2.15. The molecule has 0 saturated heterocycles. The Hall–Kier alpha value is -1.15. The number of benzene rings is 1. The number of nitrogens with two attached hydrogens (primary N) is 1. The molecule has 0 bridgehead atoms. The van der Waals surface area contributed by atoms with Crippen LogP contribution in [-0.2, 0) is 5.41 Å². The molecule has 1 unspecified atom stereocenters. The van der Waals surface area contributed by atoms with Crippen molar-refractivity contribution >= 4 is 5.78 Å². The maximum atomic E-state index is 11.6. The van der Waals surface area contributed by atoms with Crippen molar-refractivity contribution in [2.24, 2.45) is 5.73 Å². The van der Waals surface area contributed by atoms with E-state index in [-0.39, 0.29) is 11.2 Å². The first-order valence-corrected chi connectivity index (χ1v) is 5.22. The molecule has 1 aromatic rings. The Kier molecular flexibility index (Phi) is 3.30. The fourth-order valence-electron chi connectivity index (χ4n) is 1.40. The molecular weight excluding hydrogens is 186 g/mol. The molecule has 1 atom stereocenters. The summed E-state index contributed by atoms with van der Waals surface area (Å²) in [6.07, 6.45) is 0. The molecule has 0 aromatic heterocycles. The van der Waals surface area contributed by atoms with E-state index in [0.717, 1.165) is 0 Å². The molecule has 0 amide bonds. The van der Waals surface area contributed by atoms with Crippen molar-refractivity contribution in [1.29, 1.82) is 0 Å². The minimum atomic E-state index is -0.425. The lowest BCUT2D eigenvalue weighted by atomic mass is 9.86. The van der Waals surface area contributed by atoms with Gasteiger partial charge >= 0.3 is 0 Å². The fourth-order valence-corrected chi connectivity index (χ4v) is 1.40. The lowest BCUT2D eigenvalue weighted by Crippen LogP contribution is -2.26. The fraction of sp³-hybridized carbons (Fsp3) is 0.462. The molecule has 1 rings (SSSR count). The Labute approximate surface area is 91.5 Å². The van der Waals surface area contributed by atoms with E-state index in [2.05, 4.69) is 20.8 Å². The lowest BCUT2D eigenvalue weighted by molar-refractivity contribution is 0.0968. The second-order valence-corrected chi connectivity index (χ2v) is 4.98. The number of ketones is 1. The molecule has 0 spiro atoms. The molecule has 0 aliphatic heterocycles. The summed E-state index contributed by atoms with van der Waals surface area (Å²) in [5.41, 5.74) is 7.58. The number of carbonyl (C=O) groups is 1. The van der Waals surface area contributed by atoms with E-state index in [1.54, 1.807) is 6.92 Å². The van der Waals surface area contributed by atoms with Crippen molar-refractivity contribution in [2.75, 3.05) is 0 Å². The van der Waals surface area contributed by atoms with Crippen LogP contribution in [0.25, 0.3) is 0 Å². The quantitative estimate of drug-likeness (QED) is 0.754. The van der Waals surface area contributed by atoms with Gasteiger partial charge < -0.3 is 5.73 Å². The number of rotatable bonds is 2. The SMILES string of the molecule is CC(N)C(=O)c1ccc(C(C)(C)C)cc1. The van der Waals surface area contributed by atoms with E-state index >= 15 is 0 Å². The zero-order chi connectivity index (χ0) is 11.6. The van der Waals surface area contributed by atoms with Crippen LogP contribution in [0, 0.1) is 0 Å². The van der Waals surface area contributed by atoms with Gasteiger partial charge in [0, 0.05) is 5.56 Å². The summed E-state index contributed by atoms with van der Waals surface area (Å²) in [5, 5.41) is 0. The first-order valence-electron chi connectivity index (χ1n) is 5.22. The van der Waals surface area contributed by atoms with Crippen LogP contribution in [0.15, 0.2) is 24.3 Å². The van der Waals surface area contributed by atoms with Crippen LogP contribution >= 0.6 is 0 Å². The van der Waals surface area contributed by atoms with Gasteiger partial charge in [-0.05, 0) is 17.9 Å². The van der Waals surface area contributed by atoms with Gasteiger partial charge in [0.2, 0.25) is 0 Å². The highest BCUT2D eigenvalue weighted by atomic mass is 16.1. The summed E-state index contributed by atoms with van der Waals surface area (Å²) >= 11 is 0. The zero-order valence-electron chi connectivity index (χ0n) is 9.87. The van der Waals surface area contributed by atoms with E-state index in [1.807, 2.05) is 24.3 Å². The van der Waals surface area contributed by atoms with Crippen molar-refractivity contribution in [3.8, 4) is 0 Å². The molecule has 1 aromatic carbocycles. The third-order valence-electron chi connectivity index (χ3n) is 2.45. The highest BCUT2D eigenvalue weighted by Gasteiger charge is 2.15. The Morgan fingerprint density at radius 1 is 1.20 bits per heavy atom. The van der Waals surface area contributed by atoms with Crippen molar-refractivity contribution in [3.05, 3.63) is 35.4 Å². The van der Waals surface area contributed by atoms with Crippen LogP contribution in [0.1, 0.15) is 43.6 Å². The van der Waals surface area contributed by atoms with E-state index in [9.17, 15) is 4.79 Å². The number of carbonyl (C=O) groups excluding carboxylic acids is 1. The molecule has 0 aliphatic rings. The molecule has 2 N–H and O–H groups in total. The van der Waals surface area contributed by atoms with Gasteiger partial charge in [-0.3, -0.25) is 4.79 Å². The maximum absolute atomic E-state index is 11.6. The molecule has 0 aliphatic carbocycles. The molecule has 2 heteroatoms. The van der Waals surface area contributed by atoms with E-state index < -0.39 is 6.04 Å². The van der Waals surface area contributed by atoms with Gasteiger partial charge in [0.25, 0.3) is 0 Å². The second kappa shape index (κ2) is 4.15. The number of hydrogen-bond donors (Lipinski definition) is 1. The molecule has 0 fully saturated rings. The monoisotopic (exact) mass is 205 g/mol. The van der Waals surface area contributed by atoms with Crippen molar-refractivity contribution < 1.29 is 4.79 Å². The first-order chi connectivity index (χ1) is 6.82. The number of hydrogen-bond acceptors (Lipinski definition) is 2. The highest BCUT2D eigenvalue weighted by molar-refractivity contribution is 5.99. The van der Waals surface area contributed by atoms with Gasteiger partial charge in [0.05, 0.1) is 6.04 Å². The van der Waals surface area contributed by atoms with Gasteiger partial charge in [-0.2, -0.15) is 0 Å². The third kappa shape index (κ3) is 2.90. The van der Waals surface area contributed by atoms with Crippen molar-refractivity contribution in [3.63, 3.8) is 0 Å². The van der Waals surface area contributed by atoms with Gasteiger partial charge in [-0.1, -0.05) is 45.0 Å². The van der Waals surface area contributed by atoms with Gasteiger partial charge in [0.15, 0.2) is 5.78 Å². The summed E-state index contributed by atoms with van der Waals surface area (Å²) in [4.78, 5) is 11.6. The molecule has 0 radical (unpaired) electrons. The van der Waals surface area contributed by atoms with Crippen LogP contribution in [-0.4, -0.2) is 11.8 Å². The zero-order valence-corrected chi connectivity index (χ0v) is 9.87. The average molecular weight is 205 g/mol. The smallest absolute Gasteiger partial charge is 0.179 e. The molecule has 0 heterocycles. The standard InChI is InChI=1S/C13H19NO/c1-9(14)12(15)10-5-7-11(8-6-10)13(2,3)4/h5-9H,14H2,1-4H3. The topological polar surface area (TPSA) is 43.1 Å². The van der Waals surface area contributed by atoms with Crippen LogP contribution < -0.4 is 5.73 Å². The molecule has 15 heavy (non-hydrogen) atoms. The van der Waals surface area contributed by atoms with Gasteiger partial charge in [0.1, 0.15) is 0 Å². The largest absolute Gasteiger partial charge is 0.321 e. The maximum Gasteiger partial charge on any atom is 0.179 e. The van der Waals surface area contributed by atoms with E-state index in [1.165, 1.54) is 5.56 Å². The minimum Gasteiger partial charge on any atom is -0.321 e. The Morgan fingerprint density at radius 2 is 1.67 bits per heavy atom. The predicted octanol–water partition coefficient (Wildman–Crippen LogP) is 2.51. The molecule has 82 valence electrons. The Morgan fingerprint density at radius 3 is 2.00 bits per heavy atom. The van der Waals surface area contributed by atoms with Crippen LogP contribution in [0.4, 0.5) is 0 Å². The van der Waals surface area contributed by atoms with E-state index in [4.69, 9.17) is 5.73 Å². The normalized spacial score (nSPS) is 13.7. The number of Topliss-reactive ketones (excluding diaryl/α,β-unsaturated/α-hetero) is 1. The first kappa shape index (κ1) is 11.9. The minimum absolute atomic E-state index is 0.00420. The van der Waals surface area contributed by atoms with Crippen LogP contribution in [0.2, 0.25) is 0 Å². The Bertz CT molecular complexity index is 344. The summed E-state index contributed by atoms with van der Waals surface area (Å²) in [7, 11) is 0. The molecular formula is C13H19NO. The second-order valence-electron chi connectivity index (χ2n) is 4.98. The van der Waals surface area contributed by atoms with Gasteiger partial charge in [-0.25, -0.2) is 0 Å². The summed E-state index contributed by atoms with van der Waals surface area (Å²) in [5.74, 6) is -0.00420. The molecule has 0 saturated carbocycles. The summed E-state index contributed by atoms with van der Waals surface area (Å²) in [6.45, 7) is 8.15. The predicted molar refractivity (Wildman–Crippen MR) is 63.1 cm³/mol. The van der Waals surface area contributed by atoms with Crippen molar-refractivity contribution in [2.45, 2.75) is 39.2 Å². The van der Waals surface area contributed by atoms with E-state index in [0.29, 0.717) is 5.56 Å². The van der Waals surface area contributed by atoms with Crippen LogP contribution in [0.3, 0.4) is 0 Å². The summed E-state index contributed by atoms with van der Waals surface area (Å²) < 4.78 is 0. The highest BCUT2D eigenvalue weighted by Crippen LogP contribution is 2.22. The van der Waals surface area contributed by atoms with Crippen LogP contribution in [0.5, 0.6) is 0 Å². The Balaban J connectivity index is 2.96. The molecule has 2 nitrogen and oxygen atoms in total. The van der Waals surface area contributed by atoms with Crippen molar-refractivity contribution in [1.82, 2.24) is 0 Å². The van der Waals surface area contributed by atoms with Gasteiger partial charge in [-0.15, -0.1) is 0 Å². The summed E-state index contributed by atoms with van der Waals surface area (Å²) in [6, 6.07) is 7.27.